The molecule has 204 valence electrons. The standard InChI is InChI=1S/C30H26ClF2N5O2/c31-22-3-1-21(26(33)12-22)18-40-29-11-20(2-4-25(29)32)19-5-8-37(9-6-19)17-30-36-27-13-23(14-34)35-15-28(27)38(30)16-24-7-10-39-24/h1-5,11-13,15,24H,6-10,16-18H2/t24-/m0/s1. The van der Waals surface area contributed by atoms with Crippen LogP contribution in [0.3, 0.4) is 0 Å². The Morgan fingerprint density at radius 1 is 1.15 bits per heavy atom. The van der Waals surface area contributed by atoms with Crippen molar-refractivity contribution in [2.45, 2.75) is 38.6 Å². The van der Waals surface area contributed by atoms with Crippen LogP contribution in [0.15, 0.2) is 54.7 Å². The Balaban J connectivity index is 1.16. The lowest BCUT2D eigenvalue weighted by Crippen LogP contribution is -2.33. The van der Waals surface area contributed by atoms with Crippen molar-refractivity contribution >= 4 is 28.2 Å². The molecule has 2 aromatic carbocycles. The number of hydrogen-bond donors (Lipinski definition) is 0. The second kappa shape index (κ2) is 11.3. The van der Waals surface area contributed by atoms with E-state index in [1.54, 1.807) is 30.5 Å². The maximum atomic E-state index is 14.5. The molecule has 0 aliphatic carbocycles. The highest BCUT2D eigenvalue weighted by atomic mass is 35.5. The molecule has 40 heavy (non-hydrogen) atoms. The zero-order chi connectivity index (χ0) is 27.6. The molecular formula is C30H26ClF2N5O2. The van der Waals surface area contributed by atoms with Crippen LogP contribution in [0.2, 0.25) is 5.02 Å². The van der Waals surface area contributed by atoms with E-state index in [0.717, 1.165) is 54.0 Å². The van der Waals surface area contributed by atoms with Crippen molar-refractivity contribution in [3.8, 4) is 11.8 Å². The molecule has 10 heteroatoms. The van der Waals surface area contributed by atoms with Crippen molar-refractivity contribution in [2.24, 2.45) is 0 Å². The Bertz CT molecular complexity index is 1640. The second-order valence-electron chi connectivity index (χ2n) is 9.97. The number of imidazole rings is 1. The number of nitrogens with zero attached hydrogens (tertiary/aromatic N) is 5. The highest BCUT2D eigenvalue weighted by Gasteiger charge is 2.24. The van der Waals surface area contributed by atoms with Crippen LogP contribution < -0.4 is 4.74 Å². The number of ether oxygens (including phenoxy) is 2. The molecule has 2 aliphatic rings. The van der Waals surface area contributed by atoms with Gasteiger partial charge < -0.3 is 14.0 Å². The van der Waals surface area contributed by atoms with E-state index in [-0.39, 0.29) is 18.5 Å². The number of nitriles is 1. The van der Waals surface area contributed by atoms with Gasteiger partial charge in [-0.25, -0.2) is 18.7 Å². The van der Waals surface area contributed by atoms with Gasteiger partial charge in [-0.15, -0.1) is 0 Å². The summed E-state index contributed by atoms with van der Waals surface area (Å²) in [6.07, 6.45) is 5.79. The van der Waals surface area contributed by atoms with Gasteiger partial charge in [0.15, 0.2) is 11.6 Å². The van der Waals surface area contributed by atoms with E-state index in [0.29, 0.717) is 35.9 Å². The highest BCUT2D eigenvalue weighted by molar-refractivity contribution is 6.30. The molecule has 0 unspecified atom stereocenters. The van der Waals surface area contributed by atoms with Crippen molar-refractivity contribution in [3.05, 3.63) is 94.0 Å². The summed E-state index contributed by atoms with van der Waals surface area (Å²) in [5, 5.41) is 9.54. The highest BCUT2D eigenvalue weighted by Crippen LogP contribution is 2.29. The summed E-state index contributed by atoms with van der Waals surface area (Å²) in [5.41, 5.74) is 4.27. The SMILES string of the molecule is N#Cc1cc2nc(CN3CC=C(c4ccc(F)c(OCc5ccc(Cl)cc5F)c4)CC3)n(C[C@@H]3CCO3)c2cn1. The van der Waals surface area contributed by atoms with Crippen LogP contribution in [-0.2, 0) is 24.4 Å². The average molecular weight is 562 g/mol. The quantitative estimate of drug-likeness (QED) is 0.267. The van der Waals surface area contributed by atoms with Gasteiger partial charge in [-0.3, -0.25) is 4.90 Å². The third-order valence-corrected chi connectivity index (χ3v) is 7.60. The molecule has 0 spiro atoms. The summed E-state index contributed by atoms with van der Waals surface area (Å²) in [6.45, 7) is 3.50. The van der Waals surface area contributed by atoms with Crippen molar-refractivity contribution in [2.75, 3.05) is 19.7 Å². The van der Waals surface area contributed by atoms with Crippen LogP contribution in [-0.4, -0.2) is 45.2 Å². The first-order valence-electron chi connectivity index (χ1n) is 13.1. The van der Waals surface area contributed by atoms with Crippen LogP contribution in [0.4, 0.5) is 8.78 Å². The predicted octanol–water partition coefficient (Wildman–Crippen LogP) is 5.89. The molecule has 0 bridgehead atoms. The van der Waals surface area contributed by atoms with E-state index in [9.17, 15) is 14.0 Å². The first-order chi connectivity index (χ1) is 19.5. The van der Waals surface area contributed by atoms with Gasteiger partial charge >= 0.3 is 0 Å². The average Bonchev–Trinajstić information content (AvgIpc) is 3.27. The van der Waals surface area contributed by atoms with Gasteiger partial charge in [0.05, 0.1) is 36.4 Å². The number of aromatic nitrogens is 3. The number of benzene rings is 2. The minimum Gasteiger partial charge on any atom is -0.486 e. The molecule has 2 aromatic heterocycles. The molecule has 0 amide bonds. The van der Waals surface area contributed by atoms with Crippen LogP contribution >= 0.6 is 11.6 Å². The molecule has 4 aromatic rings. The van der Waals surface area contributed by atoms with Gasteiger partial charge in [0.1, 0.15) is 30.0 Å². The fraction of sp³-hybridized carbons (Fsp3) is 0.300. The van der Waals surface area contributed by atoms with Crippen molar-refractivity contribution in [3.63, 3.8) is 0 Å². The Hall–Kier alpha value is -3.84. The Kier molecular flexibility index (Phi) is 7.48. The van der Waals surface area contributed by atoms with Crippen molar-refractivity contribution in [1.29, 1.82) is 5.26 Å². The smallest absolute Gasteiger partial charge is 0.165 e. The Morgan fingerprint density at radius 2 is 2.02 bits per heavy atom. The van der Waals surface area contributed by atoms with E-state index in [1.807, 2.05) is 0 Å². The van der Waals surface area contributed by atoms with Crippen LogP contribution in [0.5, 0.6) is 5.75 Å². The third-order valence-electron chi connectivity index (χ3n) is 7.37. The molecule has 7 nitrogen and oxygen atoms in total. The zero-order valence-corrected chi connectivity index (χ0v) is 22.4. The lowest BCUT2D eigenvalue weighted by Gasteiger charge is -2.29. The monoisotopic (exact) mass is 561 g/mol. The van der Waals surface area contributed by atoms with Crippen LogP contribution in [0.1, 0.15) is 35.5 Å². The first kappa shape index (κ1) is 26.4. The predicted molar refractivity (Wildman–Crippen MR) is 147 cm³/mol. The largest absolute Gasteiger partial charge is 0.486 e. The lowest BCUT2D eigenvalue weighted by atomic mass is 9.99. The second-order valence-corrected chi connectivity index (χ2v) is 10.4. The van der Waals surface area contributed by atoms with E-state index in [4.69, 9.17) is 26.1 Å². The normalized spacial score (nSPS) is 17.4. The maximum Gasteiger partial charge on any atom is 0.165 e. The minimum atomic E-state index is -0.500. The van der Waals surface area contributed by atoms with Crippen molar-refractivity contribution < 1.29 is 18.3 Å². The molecule has 0 radical (unpaired) electrons. The molecule has 2 aliphatic heterocycles. The molecular weight excluding hydrogens is 536 g/mol. The van der Waals surface area contributed by atoms with Gasteiger partial charge in [0, 0.05) is 36.3 Å². The summed E-state index contributed by atoms with van der Waals surface area (Å²) in [5.74, 6) is -0.00667. The summed E-state index contributed by atoms with van der Waals surface area (Å²) in [4.78, 5) is 11.4. The maximum absolute atomic E-state index is 14.5. The van der Waals surface area contributed by atoms with E-state index >= 15 is 0 Å². The summed E-state index contributed by atoms with van der Waals surface area (Å²) < 4.78 is 42.1. The third kappa shape index (κ3) is 5.56. The van der Waals surface area contributed by atoms with E-state index in [2.05, 4.69) is 26.6 Å². The topological polar surface area (TPSA) is 76.2 Å². The molecule has 0 saturated carbocycles. The Morgan fingerprint density at radius 3 is 2.75 bits per heavy atom. The molecule has 1 fully saturated rings. The van der Waals surface area contributed by atoms with Gasteiger partial charge in [-0.05, 0) is 48.2 Å². The molecule has 1 atom stereocenters. The summed E-state index contributed by atoms with van der Waals surface area (Å²) in [6, 6.07) is 12.9. The fourth-order valence-electron chi connectivity index (χ4n) is 5.02. The molecule has 1 saturated heterocycles. The summed E-state index contributed by atoms with van der Waals surface area (Å²) >= 11 is 5.81. The van der Waals surface area contributed by atoms with Gasteiger partial charge in [-0.1, -0.05) is 29.8 Å². The van der Waals surface area contributed by atoms with E-state index in [1.165, 1.54) is 18.2 Å². The van der Waals surface area contributed by atoms with Crippen LogP contribution in [0, 0.1) is 23.0 Å². The minimum absolute atomic E-state index is 0.0764. The zero-order valence-electron chi connectivity index (χ0n) is 21.6. The molecule has 6 rings (SSSR count). The number of pyridine rings is 1. The van der Waals surface area contributed by atoms with Gasteiger partial charge in [0.2, 0.25) is 0 Å². The number of fused-ring (bicyclic) bond motifs is 1. The van der Waals surface area contributed by atoms with Crippen LogP contribution in [0.25, 0.3) is 16.6 Å². The van der Waals surface area contributed by atoms with Gasteiger partial charge in [-0.2, -0.15) is 5.26 Å². The Labute approximate surface area is 235 Å². The van der Waals surface area contributed by atoms with Crippen molar-refractivity contribution in [1.82, 2.24) is 19.4 Å². The molecule has 4 heterocycles. The van der Waals surface area contributed by atoms with Gasteiger partial charge in [0.25, 0.3) is 0 Å². The summed E-state index contributed by atoms with van der Waals surface area (Å²) in [7, 11) is 0. The molecule has 0 N–H and O–H groups in total. The fourth-order valence-corrected chi connectivity index (χ4v) is 5.17. The van der Waals surface area contributed by atoms with E-state index < -0.39 is 11.6 Å². The number of hydrogen-bond acceptors (Lipinski definition) is 6. The number of halogens is 3. The lowest BCUT2D eigenvalue weighted by molar-refractivity contribution is -0.0591. The first-order valence-corrected chi connectivity index (χ1v) is 13.5. The number of rotatable bonds is 8.